The van der Waals surface area contributed by atoms with Crippen LogP contribution in [0.3, 0.4) is 0 Å². The first-order valence-corrected chi connectivity index (χ1v) is 34.6. The zero-order valence-corrected chi connectivity index (χ0v) is 53.1. The number of esters is 3. The molecule has 0 aliphatic heterocycles. The van der Waals surface area contributed by atoms with Crippen molar-refractivity contribution in [1.29, 1.82) is 0 Å². The second-order valence-corrected chi connectivity index (χ2v) is 23.1. The molecule has 80 heavy (non-hydrogen) atoms. The first kappa shape index (κ1) is 76.6. The van der Waals surface area contributed by atoms with Gasteiger partial charge in [0.05, 0.1) is 0 Å². The Labute approximate surface area is 496 Å². The molecular formula is C74H130O6. The Kier molecular flexibility index (Phi) is 65.2. The van der Waals surface area contributed by atoms with Crippen molar-refractivity contribution in [1.82, 2.24) is 0 Å². The van der Waals surface area contributed by atoms with Gasteiger partial charge in [0, 0.05) is 19.3 Å². The monoisotopic (exact) mass is 1110 g/mol. The molecule has 0 bridgehead atoms. The molecule has 0 heterocycles. The number of unbranched alkanes of at least 4 members (excludes halogenated alkanes) is 38. The van der Waals surface area contributed by atoms with Gasteiger partial charge in [-0.3, -0.25) is 14.4 Å². The number of carbonyl (C=O) groups is 3. The van der Waals surface area contributed by atoms with Crippen LogP contribution in [0.4, 0.5) is 0 Å². The van der Waals surface area contributed by atoms with Gasteiger partial charge >= 0.3 is 17.9 Å². The lowest BCUT2D eigenvalue weighted by molar-refractivity contribution is -0.167. The van der Waals surface area contributed by atoms with Crippen molar-refractivity contribution in [3.63, 3.8) is 0 Å². The molecule has 0 aromatic carbocycles. The van der Waals surface area contributed by atoms with Crippen LogP contribution in [-0.4, -0.2) is 37.2 Å². The summed E-state index contributed by atoms with van der Waals surface area (Å²) in [6.07, 6.45) is 90.3. The van der Waals surface area contributed by atoms with E-state index in [2.05, 4.69) is 106 Å². The maximum Gasteiger partial charge on any atom is 0.306 e. The quantitative estimate of drug-likeness (QED) is 0.0261. The van der Waals surface area contributed by atoms with E-state index in [9.17, 15) is 14.4 Å². The third-order valence-electron chi connectivity index (χ3n) is 15.1. The summed E-state index contributed by atoms with van der Waals surface area (Å²) >= 11 is 0. The topological polar surface area (TPSA) is 78.9 Å². The molecule has 6 nitrogen and oxygen atoms in total. The number of hydrogen-bond acceptors (Lipinski definition) is 6. The first-order chi connectivity index (χ1) is 39.5. The second kappa shape index (κ2) is 68.1. The first-order valence-electron chi connectivity index (χ1n) is 34.6. The summed E-state index contributed by atoms with van der Waals surface area (Å²) < 4.78 is 17.0. The smallest absolute Gasteiger partial charge is 0.306 e. The van der Waals surface area contributed by atoms with Gasteiger partial charge in [0.25, 0.3) is 0 Å². The molecule has 0 aliphatic carbocycles. The molecule has 0 aliphatic rings. The van der Waals surface area contributed by atoms with Crippen molar-refractivity contribution in [2.24, 2.45) is 0 Å². The average Bonchev–Trinajstić information content (AvgIpc) is 3.46. The summed E-state index contributed by atoms with van der Waals surface area (Å²) in [5.74, 6) is -0.893. The fourth-order valence-corrected chi connectivity index (χ4v) is 9.97. The summed E-state index contributed by atoms with van der Waals surface area (Å²) in [6, 6.07) is 0. The Morgan fingerprint density at radius 3 is 0.787 bits per heavy atom. The van der Waals surface area contributed by atoms with E-state index in [-0.39, 0.29) is 31.1 Å². The largest absolute Gasteiger partial charge is 0.462 e. The third kappa shape index (κ3) is 65.4. The maximum absolute atomic E-state index is 12.9. The van der Waals surface area contributed by atoms with Crippen molar-refractivity contribution < 1.29 is 28.6 Å². The highest BCUT2D eigenvalue weighted by Gasteiger charge is 2.19. The molecule has 1 unspecified atom stereocenters. The Balaban J connectivity index is 4.37. The molecule has 0 rings (SSSR count). The number of rotatable bonds is 63. The van der Waals surface area contributed by atoms with Gasteiger partial charge in [0.15, 0.2) is 6.10 Å². The zero-order valence-electron chi connectivity index (χ0n) is 53.1. The number of allylic oxidation sites excluding steroid dienone is 14. The van der Waals surface area contributed by atoms with E-state index < -0.39 is 6.10 Å². The van der Waals surface area contributed by atoms with Gasteiger partial charge in [-0.1, -0.05) is 318 Å². The summed E-state index contributed by atoms with van der Waals surface area (Å²) in [5, 5.41) is 0. The van der Waals surface area contributed by atoms with E-state index >= 15 is 0 Å². The van der Waals surface area contributed by atoms with Crippen LogP contribution in [-0.2, 0) is 28.6 Å². The molecule has 0 spiro atoms. The van der Waals surface area contributed by atoms with Crippen LogP contribution in [0, 0.1) is 0 Å². The van der Waals surface area contributed by atoms with E-state index in [1.165, 1.54) is 186 Å². The van der Waals surface area contributed by atoms with Crippen molar-refractivity contribution in [2.45, 2.75) is 354 Å². The Hall–Kier alpha value is -3.41. The number of carbonyl (C=O) groups excluding carboxylic acids is 3. The van der Waals surface area contributed by atoms with Gasteiger partial charge in [0.2, 0.25) is 0 Å². The van der Waals surface area contributed by atoms with Gasteiger partial charge in [-0.15, -0.1) is 0 Å². The number of ether oxygens (including phenoxy) is 3. The Morgan fingerprint density at radius 1 is 0.263 bits per heavy atom. The second-order valence-electron chi connectivity index (χ2n) is 23.1. The summed E-state index contributed by atoms with van der Waals surface area (Å²) in [6.45, 7) is 6.53. The highest BCUT2D eigenvalue weighted by molar-refractivity contribution is 5.71. The lowest BCUT2D eigenvalue weighted by Gasteiger charge is -2.18. The van der Waals surface area contributed by atoms with Gasteiger partial charge in [-0.25, -0.2) is 0 Å². The van der Waals surface area contributed by atoms with Gasteiger partial charge in [-0.2, -0.15) is 0 Å². The average molecular weight is 1120 g/mol. The van der Waals surface area contributed by atoms with Crippen molar-refractivity contribution in [3.05, 3.63) is 85.1 Å². The summed E-state index contributed by atoms with van der Waals surface area (Å²) in [7, 11) is 0. The van der Waals surface area contributed by atoms with Crippen molar-refractivity contribution >= 4 is 17.9 Å². The predicted molar refractivity (Wildman–Crippen MR) is 348 cm³/mol. The van der Waals surface area contributed by atoms with E-state index in [1.54, 1.807) is 0 Å². The SMILES string of the molecule is CC/C=C\C/C=C\C/C=C\C/C=C\C/C=C\CCCCCCCC(=O)OC(COC(=O)CCCCCCCCC/C=C\C/C=C\CCCCC)COC(=O)CCCCCCCCCCCCCCCCCCCCCCCCCC. The molecule has 0 amide bonds. The highest BCUT2D eigenvalue weighted by Crippen LogP contribution is 2.18. The Morgan fingerprint density at radius 2 is 0.487 bits per heavy atom. The lowest BCUT2D eigenvalue weighted by Crippen LogP contribution is -2.30. The molecule has 0 saturated heterocycles. The van der Waals surface area contributed by atoms with Crippen LogP contribution in [0.15, 0.2) is 85.1 Å². The molecular weight excluding hydrogens is 985 g/mol. The minimum Gasteiger partial charge on any atom is -0.462 e. The van der Waals surface area contributed by atoms with Gasteiger partial charge in [0.1, 0.15) is 13.2 Å². The molecule has 0 fully saturated rings. The van der Waals surface area contributed by atoms with Crippen LogP contribution in [0.25, 0.3) is 0 Å². The van der Waals surface area contributed by atoms with Gasteiger partial charge in [-0.05, 0) is 96.3 Å². The van der Waals surface area contributed by atoms with Crippen LogP contribution in [0.2, 0.25) is 0 Å². The van der Waals surface area contributed by atoms with E-state index in [0.29, 0.717) is 19.3 Å². The minimum absolute atomic E-state index is 0.0843. The molecule has 0 aromatic heterocycles. The highest BCUT2D eigenvalue weighted by atomic mass is 16.6. The fraction of sp³-hybridized carbons (Fsp3) is 0.770. The Bertz CT molecular complexity index is 1520. The molecule has 0 aromatic rings. The molecule has 1 atom stereocenters. The van der Waals surface area contributed by atoms with E-state index in [1.807, 2.05) is 0 Å². The molecule has 0 saturated carbocycles. The van der Waals surface area contributed by atoms with Crippen LogP contribution in [0.5, 0.6) is 0 Å². The minimum atomic E-state index is -0.792. The van der Waals surface area contributed by atoms with Crippen LogP contribution < -0.4 is 0 Å². The molecule has 0 N–H and O–H groups in total. The summed E-state index contributed by atoms with van der Waals surface area (Å²) in [4.78, 5) is 38.4. The van der Waals surface area contributed by atoms with Gasteiger partial charge < -0.3 is 14.2 Å². The molecule has 6 heteroatoms. The van der Waals surface area contributed by atoms with Crippen LogP contribution >= 0.6 is 0 Å². The maximum atomic E-state index is 12.9. The third-order valence-corrected chi connectivity index (χ3v) is 15.1. The van der Waals surface area contributed by atoms with Crippen LogP contribution in [0.1, 0.15) is 348 Å². The number of hydrogen-bond donors (Lipinski definition) is 0. The van der Waals surface area contributed by atoms with E-state index in [4.69, 9.17) is 14.2 Å². The molecule has 462 valence electrons. The van der Waals surface area contributed by atoms with Crippen molar-refractivity contribution in [2.75, 3.05) is 13.2 Å². The lowest BCUT2D eigenvalue weighted by atomic mass is 10.0. The van der Waals surface area contributed by atoms with Crippen molar-refractivity contribution in [3.8, 4) is 0 Å². The predicted octanol–water partition coefficient (Wildman–Crippen LogP) is 23.8. The van der Waals surface area contributed by atoms with E-state index in [0.717, 1.165) is 122 Å². The molecule has 0 radical (unpaired) electrons. The normalized spacial score (nSPS) is 12.6. The standard InChI is InChI=1S/C74H130O6/c1-4-7-10-13-16-19-22-25-28-31-33-35-36-37-39-40-43-46-49-52-55-58-61-64-67-73(76)79-70-71(69-78-72(75)66-63-60-57-54-51-48-45-42-30-27-24-21-18-15-12-9-6-3)80-74(77)68-65-62-59-56-53-50-47-44-41-38-34-32-29-26-23-20-17-14-11-8-5-2/h8,11,17-18,20-21,26-27,29-30,34,38,44,47,71H,4-7,9-10,12-16,19,22-25,28,31-33,35-37,39-43,45-46,48-70H2,1-3H3/b11-8-,20-17-,21-18-,29-26-,30-27-,38-34-,47-44-. The fourth-order valence-electron chi connectivity index (χ4n) is 9.97. The summed E-state index contributed by atoms with van der Waals surface area (Å²) in [5.41, 5.74) is 0. The zero-order chi connectivity index (χ0) is 57.8.